The molecule has 2 aliphatic rings. The van der Waals surface area contributed by atoms with Gasteiger partial charge in [0, 0.05) is 39.1 Å². The summed E-state index contributed by atoms with van der Waals surface area (Å²) in [6.07, 6.45) is 0.880. The second-order valence-corrected chi connectivity index (χ2v) is 7.53. The second kappa shape index (κ2) is 8.93. The number of halogens is 1. The maximum atomic E-state index is 6.44. The highest BCUT2D eigenvalue weighted by Crippen LogP contribution is 2.38. The molecule has 0 radical (unpaired) electrons. The van der Waals surface area contributed by atoms with E-state index in [1.54, 1.807) is 0 Å². The summed E-state index contributed by atoms with van der Waals surface area (Å²) in [7, 11) is 0. The van der Waals surface area contributed by atoms with Gasteiger partial charge < -0.3 is 19.1 Å². The van der Waals surface area contributed by atoms with Crippen molar-refractivity contribution in [1.82, 2.24) is 4.90 Å². The average Bonchev–Trinajstić information content (AvgIpc) is 2.95. The minimum Gasteiger partial charge on any atom is -0.492 e. The Morgan fingerprint density at radius 2 is 1.82 bits per heavy atom. The van der Waals surface area contributed by atoms with E-state index in [1.807, 2.05) is 25.1 Å². The largest absolute Gasteiger partial charge is 0.492 e. The van der Waals surface area contributed by atoms with Crippen LogP contribution in [-0.2, 0) is 6.54 Å². The Balaban J connectivity index is 1.40. The predicted molar refractivity (Wildman–Crippen MR) is 112 cm³/mol. The van der Waals surface area contributed by atoms with Gasteiger partial charge >= 0.3 is 0 Å². The van der Waals surface area contributed by atoms with Crippen molar-refractivity contribution in [2.45, 2.75) is 19.9 Å². The Bertz CT molecular complexity index is 806. The molecule has 150 valence electrons. The normalized spacial score (nSPS) is 17.3. The Labute approximate surface area is 171 Å². The van der Waals surface area contributed by atoms with Gasteiger partial charge in [0.15, 0.2) is 11.5 Å². The zero-order valence-electron chi connectivity index (χ0n) is 16.3. The first-order valence-electron chi connectivity index (χ1n) is 10.0. The van der Waals surface area contributed by atoms with E-state index >= 15 is 0 Å². The molecule has 0 saturated carbocycles. The van der Waals surface area contributed by atoms with E-state index in [0.29, 0.717) is 30.6 Å². The summed E-state index contributed by atoms with van der Waals surface area (Å²) >= 11 is 6.44. The highest BCUT2D eigenvalue weighted by molar-refractivity contribution is 6.32. The molecule has 0 spiro atoms. The van der Waals surface area contributed by atoms with Crippen LogP contribution in [0.2, 0.25) is 5.02 Å². The molecular formula is C22H27ClN2O3. The van der Waals surface area contributed by atoms with Gasteiger partial charge in [0.2, 0.25) is 0 Å². The molecule has 2 aliphatic heterocycles. The number of para-hydroxylation sites is 2. The predicted octanol–water partition coefficient (Wildman–Crippen LogP) is 4.22. The van der Waals surface area contributed by atoms with Crippen molar-refractivity contribution < 1.29 is 14.2 Å². The number of ether oxygens (including phenoxy) is 3. The van der Waals surface area contributed by atoms with Crippen LogP contribution >= 0.6 is 11.6 Å². The lowest BCUT2D eigenvalue weighted by molar-refractivity contribution is 0.248. The molecule has 1 saturated heterocycles. The van der Waals surface area contributed by atoms with Crippen molar-refractivity contribution in [2.75, 3.05) is 50.9 Å². The smallest absolute Gasteiger partial charge is 0.179 e. The number of fused-ring (bicyclic) bond motifs is 1. The quantitative estimate of drug-likeness (QED) is 0.747. The lowest BCUT2D eigenvalue weighted by Gasteiger charge is -2.36. The second-order valence-electron chi connectivity index (χ2n) is 7.12. The highest BCUT2D eigenvalue weighted by atomic mass is 35.5. The summed E-state index contributed by atoms with van der Waals surface area (Å²) in [6, 6.07) is 12.4. The van der Waals surface area contributed by atoms with Crippen LogP contribution in [0, 0.1) is 0 Å². The van der Waals surface area contributed by atoms with E-state index < -0.39 is 0 Å². The van der Waals surface area contributed by atoms with Gasteiger partial charge in [0.25, 0.3) is 0 Å². The summed E-state index contributed by atoms with van der Waals surface area (Å²) in [4.78, 5) is 4.86. The Hall–Kier alpha value is -2.11. The van der Waals surface area contributed by atoms with Gasteiger partial charge in [-0.2, -0.15) is 0 Å². The van der Waals surface area contributed by atoms with Crippen LogP contribution < -0.4 is 19.1 Å². The SMILES string of the molecule is CCOc1ccccc1N1CCN(Cc2cc(Cl)c3c(c2)OCCCO3)CC1. The molecule has 2 aromatic rings. The number of anilines is 1. The average molecular weight is 403 g/mol. The standard InChI is InChI=1S/C22H27ClN2O3/c1-2-26-20-7-4-3-6-19(20)25-10-8-24(9-11-25)16-17-14-18(23)22-21(15-17)27-12-5-13-28-22/h3-4,6-7,14-15H,2,5,8-13,16H2,1H3. The van der Waals surface area contributed by atoms with E-state index in [0.717, 1.165) is 56.2 Å². The van der Waals surface area contributed by atoms with Gasteiger partial charge in [-0.3, -0.25) is 4.90 Å². The molecule has 0 bridgehead atoms. The van der Waals surface area contributed by atoms with E-state index in [9.17, 15) is 0 Å². The van der Waals surface area contributed by atoms with Crippen LogP contribution in [0.3, 0.4) is 0 Å². The fourth-order valence-electron chi connectivity index (χ4n) is 3.78. The van der Waals surface area contributed by atoms with Gasteiger partial charge in [0.05, 0.1) is 30.5 Å². The molecule has 6 heteroatoms. The van der Waals surface area contributed by atoms with Crippen molar-refractivity contribution in [3.63, 3.8) is 0 Å². The van der Waals surface area contributed by atoms with E-state index in [2.05, 4.69) is 28.0 Å². The van der Waals surface area contributed by atoms with Gasteiger partial charge in [-0.05, 0) is 36.8 Å². The fraction of sp³-hybridized carbons (Fsp3) is 0.455. The molecule has 28 heavy (non-hydrogen) atoms. The molecule has 5 nitrogen and oxygen atoms in total. The number of piperazine rings is 1. The van der Waals surface area contributed by atoms with E-state index in [1.165, 1.54) is 5.69 Å². The summed E-state index contributed by atoms with van der Waals surface area (Å²) in [5, 5.41) is 0.638. The zero-order chi connectivity index (χ0) is 19.3. The number of rotatable bonds is 5. The van der Waals surface area contributed by atoms with Crippen molar-refractivity contribution in [2.24, 2.45) is 0 Å². The van der Waals surface area contributed by atoms with Crippen molar-refractivity contribution in [3.05, 3.63) is 47.0 Å². The lowest BCUT2D eigenvalue weighted by Crippen LogP contribution is -2.46. The van der Waals surface area contributed by atoms with Crippen molar-refractivity contribution in [1.29, 1.82) is 0 Å². The van der Waals surface area contributed by atoms with Crippen LogP contribution in [0.4, 0.5) is 5.69 Å². The van der Waals surface area contributed by atoms with Crippen LogP contribution in [0.5, 0.6) is 17.2 Å². The summed E-state index contributed by atoms with van der Waals surface area (Å²) in [5.41, 5.74) is 2.35. The Kier molecular flexibility index (Phi) is 6.13. The first-order valence-corrected chi connectivity index (χ1v) is 10.4. The lowest BCUT2D eigenvalue weighted by atomic mass is 10.1. The van der Waals surface area contributed by atoms with Crippen molar-refractivity contribution >= 4 is 17.3 Å². The number of nitrogens with zero attached hydrogens (tertiary/aromatic N) is 2. The number of benzene rings is 2. The molecule has 0 unspecified atom stereocenters. The summed E-state index contributed by atoms with van der Waals surface area (Å²) in [6.45, 7) is 8.82. The molecular weight excluding hydrogens is 376 g/mol. The van der Waals surface area contributed by atoms with Crippen LogP contribution in [-0.4, -0.2) is 50.9 Å². The Morgan fingerprint density at radius 3 is 2.64 bits per heavy atom. The van der Waals surface area contributed by atoms with E-state index in [4.69, 9.17) is 25.8 Å². The van der Waals surface area contributed by atoms with Crippen LogP contribution in [0.1, 0.15) is 18.9 Å². The molecule has 0 aliphatic carbocycles. The Morgan fingerprint density at radius 1 is 1.04 bits per heavy atom. The third-order valence-corrected chi connectivity index (χ3v) is 5.43. The summed E-state index contributed by atoms with van der Waals surface area (Å²) < 4.78 is 17.3. The first-order chi connectivity index (χ1) is 13.7. The van der Waals surface area contributed by atoms with Crippen LogP contribution in [0.15, 0.2) is 36.4 Å². The maximum absolute atomic E-state index is 6.44. The molecule has 0 atom stereocenters. The highest BCUT2D eigenvalue weighted by Gasteiger charge is 2.21. The monoisotopic (exact) mass is 402 g/mol. The first kappa shape index (κ1) is 19.2. The third-order valence-electron chi connectivity index (χ3n) is 5.15. The molecule has 2 aromatic carbocycles. The molecule has 2 heterocycles. The fourth-order valence-corrected chi connectivity index (χ4v) is 4.06. The van der Waals surface area contributed by atoms with Crippen LogP contribution in [0.25, 0.3) is 0 Å². The molecule has 4 rings (SSSR count). The minimum absolute atomic E-state index is 0.638. The van der Waals surface area contributed by atoms with E-state index in [-0.39, 0.29) is 0 Å². The third kappa shape index (κ3) is 4.31. The van der Waals surface area contributed by atoms with Gasteiger partial charge in [-0.1, -0.05) is 23.7 Å². The molecule has 1 fully saturated rings. The maximum Gasteiger partial charge on any atom is 0.179 e. The summed E-state index contributed by atoms with van der Waals surface area (Å²) in [5.74, 6) is 2.41. The van der Waals surface area contributed by atoms with Crippen molar-refractivity contribution in [3.8, 4) is 17.2 Å². The molecule has 0 N–H and O–H groups in total. The minimum atomic E-state index is 0.638. The molecule has 0 aromatic heterocycles. The zero-order valence-corrected chi connectivity index (χ0v) is 17.1. The number of hydrogen-bond donors (Lipinski definition) is 0. The topological polar surface area (TPSA) is 34.2 Å². The van der Waals surface area contributed by atoms with Gasteiger partial charge in [-0.25, -0.2) is 0 Å². The number of hydrogen-bond acceptors (Lipinski definition) is 5. The molecule has 0 amide bonds. The van der Waals surface area contributed by atoms with Gasteiger partial charge in [-0.15, -0.1) is 0 Å². The van der Waals surface area contributed by atoms with Gasteiger partial charge in [0.1, 0.15) is 5.75 Å².